The van der Waals surface area contributed by atoms with Crippen molar-refractivity contribution in [3.8, 4) is 0 Å². The summed E-state index contributed by atoms with van der Waals surface area (Å²) in [6, 6.07) is 4.38. The Morgan fingerprint density at radius 1 is 1.27 bits per heavy atom. The van der Waals surface area contributed by atoms with E-state index in [0.29, 0.717) is 0 Å². The van der Waals surface area contributed by atoms with Gasteiger partial charge in [0.05, 0.1) is 0 Å². The van der Waals surface area contributed by atoms with Gasteiger partial charge in [-0.2, -0.15) is 0 Å². The van der Waals surface area contributed by atoms with E-state index in [-0.39, 0.29) is 0 Å². The van der Waals surface area contributed by atoms with Gasteiger partial charge >= 0.3 is 0 Å². The summed E-state index contributed by atoms with van der Waals surface area (Å²) in [4.78, 5) is 0. The molecule has 0 saturated carbocycles. The Balaban J connectivity index is 0.000000921. The second kappa shape index (κ2) is 9.21. The van der Waals surface area contributed by atoms with Crippen LogP contribution in [0.2, 0.25) is 0 Å². The van der Waals surface area contributed by atoms with Crippen molar-refractivity contribution < 1.29 is 4.57 Å². The molecule has 82 valence electrons. The van der Waals surface area contributed by atoms with Crippen molar-refractivity contribution in [2.45, 2.75) is 46.1 Å². The van der Waals surface area contributed by atoms with Gasteiger partial charge in [0.25, 0.3) is 0 Å². The van der Waals surface area contributed by atoms with Crippen molar-refractivity contribution in [1.82, 2.24) is 0 Å². The number of pyridine rings is 1. The molecule has 0 radical (unpaired) electrons. The van der Waals surface area contributed by atoms with Crippen LogP contribution in [0.3, 0.4) is 0 Å². The van der Waals surface area contributed by atoms with Gasteiger partial charge in [-0.25, -0.2) is 4.57 Å². The zero-order valence-electron chi connectivity index (χ0n) is 9.74. The zero-order valence-corrected chi connectivity index (χ0v) is 9.74. The van der Waals surface area contributed by atoms with Crippen LogP contribution in [0.4, 0.5) is 0 Å². The van der Waals surface area contributed by atoms with E-state index < -0.39 is 0 Å². The fourth-order valence-electron chi connectivity index (χ4n) is 1.50. The van der Waals surface area contributed by atoms with E-state index in [1.165, 1.54) is 31.2 Å². The lowest BCUT2D eigenvalue weighted by atomic mass is 10.1. The number of aryl methyl sites for hydroxylation is 2. The van der Waals surface area contributed by atoms with Crippen molar-refractivity contribution in [2.24, 2.45) is 0 Å². The van der Waals surface area contributed by atoms with Gasteiger partial charge in [-0.15, -0.1) is 0 Å². The molecule has 0 saturated heterocycles. The largest absolute Gasteiger partial charge is 0.512 e. The van der Waals surface area contributed by atoms with E-state index in [9.17, 15) is 0 Å². The molecule has 0 aliphatic carbocycles. The third-order valence-corrected chi connectivity index (χ3v) is 2.22. The smallest absolute Gasteiger partial charge is 0.171 e. The summed E-state index contributed by atoms with van der Waals surface area (Å²) >= 11 is 0. The highest BCUT2D eigenvalue weighted by atomic mass is 14.9. The molecular weight excluding hydrogens is 184 g/mol. The average Bonchev–Trinajstić information content (AvgIpc) is 2.30. The lowest BCUT2D eigenvalue weighted by Gasteiger charge is -1.98. The summed E-state index contributed by atoms with van der Waals surface area (Å²) in [5, 5.41) is 6.25. The standard InChI is InChI=1S/C12H20N.CN/c1-3-5-7-12-8-6-10-13(11-12)9-4-2;1-2/h6,8,10-11H,3-5,7,9H2,1-2H3;/q+1;-1. The molecule has 0 fully saturated rings. The van der Waals surface area contributed by atoms with Gasteiger partial charge in [0, 0.05) is 18.1 Å². The summed E-state index contributed by atoms with van der Waals surface area (Å²) in [6.07, 6.45) is 9.44. The van der Waals surface area contributed by atoms with Crippen LogP contribution in [0.5, 0.6) is 0 Å². The van der Waals surface area contributed by atoms with Crippen molar-refractivity contribution in [1.29, 1.82) is 5.26 Å². The van der Waals surface area contributed by atoms with E-state index in [1.54, 1.807) is 0 Å². The summed E-state index contributed by atoms with van der Waals surface area (Å²) in [6.45, 7) is 10.3. The van der Waals surface area contributed by atoms with Crippen LogP contribution < -0.4 is 4.57 Å². The predicted molar refractivity (Wildman–Crippen MR) is 60.5 cm³/mol. The van der Waals surface area contributed by atoms with E-state index >= 15 is 0 Å². The second-order valence-corrected chi connectivity index (χ2v) is 3.55. The Morgan fingerprint density at radius 2 is 2.00 bits per heavy atom. The zero-order chi connectivity index (χ0) is 11.5. The van der Waals surface area contributed by atoms with E-state index in [4.69, 9.17) is 11.8 Å². The van der Waals surface area contributed by atoms with Gasteiger partial charge < -0.3 is 11.8 Å². The molecule has 1 aromatic heterocycles. The number of nitrogens with zero attached hydrogens (tertiary/aromatic N) is 2. The van der Waals surface area contributed by atoms with Crippen LogP contribution in [0.1, 0.15) is 38.7 Å². The SMILES string of the molecule is CCCCc1ccc[n+](CCC)c1.[C-]#N. The normalized spacial score (nSPS) is 9.07. The molecule has 0 atom stereocenters. The van der Waals surface area contributed by atoms with Gasteiger partial charge in [-0.1, -0.05) is 20.3 Å². The minimum Gasteiger partial charge on any atom is -0.512 e. The van der Waals surface area contributed by atoms with E-state index in [0.717, 1.165) is 6.54 Å². The van der Waals surface area contributed by atoms with Gasteiger partial charge in [-0.3, -0.25) is 0 Å². The first kappa shape index (κ1) is 13.6. The molecule has 2 heteroatoms. The quantitative estimate of drug-likeness (QED) is 0.535. The maximum atomic E-state index is 6.25. The molecular formula is C13H20N2. The lowest BCUT2D eigenvalue weighted by Crippen LogP contribution is -2.32. The van der Waals surface area contributed by atoms with Gasteiger partial charge in [0.15, 0.2) is 12.4 Å². The molecule has 1 heterocycles. The number of rotatable bonds is 5. The van der Waals surface area contributed by atoms with Gasteiger partial charge in [0.1, 0.15) is 6.54 Å². The molecule has 2 nitrogen and oxygen atoms in total. The Morgan fingerprint density at radius 3 is 2.60 bits per heavy atom. The van der Waals surface area contributed by atoms with Crippen LogP contribution in [0, 0.1) is 11.8 Å². The molecule has 0 unspecified atom stereocenters. The first-order chi connectivity index (χ1) is 7.36. The topological polar surface area (TPSA) is 27.7 Å². The second-order valence-electron chi connectivity index (χ2n) is 3.55. The Bertz CT molecular complexity index is 279. The fourth-order valence-corrected chi connectivity index (χ4v) is 1.50. The van der Waals surface area contributed by atoms with Crippen LogP contribution in [-0.4, -0.2) is 0 Å². The van der Waals surface area contributed by atoms with Crippen molar-refractivity contribution in [2.75, 3.05) is 0 Å². The van der Waals surface area contributed by atoms with Gasteiger partial charge in [0.2, 0.25) is 0 Å². The minimum absolute atomic E-state index is 1.14. The maximum absolute atomic E-state index is 6.25. The predicted octanol–water partition coefficient (Wildman–Crippen LogP) is 2.82. The number of aromatic nitrogens is 1. The molecule has 0 aliphatic heterocycles. The van der Waals surface area contributed by atoms with Crippen LogP contribution >= 0.6 is 0 Å². The van der Waals surface area contributed by atoms with Crippen molar-refractivity contribution >= 4 is 0 Å². The van der Waals surface area contributed by atoms with Gasteiger partial charge in [-0.05, 0) is 18.9 Å². The first-order valence-electron chi connectivity index (χ1n) is 5.57. The number of hydrogen-bond donors (Lipinski definition) is 0. The maximum Gasteiger partial charge on any atom is 0.171 e. The van der Waals surface area contributed by atoms with Crippen molar-refractivity contribution in [3.05, 3.63) is 36.7 Å². The lowest BCUT2D eigenvalue weighted by molar-refractivity contribution is -0.697. The molecule has 15 heavy (non-hydrogen) atoms. The van der Waals surface area contributed by atoms with Crippen molar-refractivity contribution in [3.63, 3.8) is 0 Å². The summed E-state index contributed by atoms with van der Waals surface area (Å²) in [5.41, 5.74) is 1.47. The summed E-state index contributed by atoms with van der Waals surface area (Å²) in [5.74, 6) is 0. The molecule has 0 aromatic carbocycles. The monoisotopic (exact) mass is 204 g/mol. The third-order valence-electron chi connectivity index (χ3n) is 2.22. The molecule has 1 rings (SSSR count). The Hall–Kier alpha value is -1.36. The number of unbranched alkanes of at least 4 members (excludes halogenated alkanes) is 1. The molecule has 1 aromatic rings. The first-order valence-corrected chi connectivity index (χ1v) is 5.57. The molecule has 0 bridgehead atoms. The summed E-state index contributed by atoms with van der Waals surface area (Å²) in [7, 11) is 0. The minimum atomic E-state index is 1.14. The molecule has 0 aliphatic rings. The highest BCUT2D eigenvalue weighted by molar-refractivity contribution is 5.05. The Kier molecular flexibility index (Phi) is 8.37. The Labute approximate surface area is 93.2 Å². The highest BCUT2D eigenvalue weighted by Crippen LogP contribution is 2.01. The number of hydrogen-bond acceptors (Lipinski definition) is 1. The highest BCUT2D eigenvalue weighted by Gasteiger charge is 2.00. The van der Waals surface area contributed by atoms with Crippen LogP contribution in [0.15, 0.2) is 24.5 Å². The molecule has 0 amide bonds. The fraction of sp³-hybridized carbons (Fsp3) is 0.538. The molecule has 0 spiro atoms. The molecule has 0 N–H and O–H groups in total. The van der Waals surface area contributed by atoms with E-state index in [2.05, 4.69) is 42.9 Å². The third kappa shape index (κ3) is 5.85. The van der Waals surface area contributed by atoms with Crippen LogP contribution in [-0.2, 0) is 13.0 Å². The van der Waals surface area contributed by atoms with Crippen LogP contribution in [0.25, 0.3) is 0 Å². The average molecular weight is 204 g/mol. The summed E-state index contributed by atoms with van der Waals surface area (Å²) < 4.78 is 2.28. The van der Waals surface area contributed by atoms with E-state index in [1.807, 2.05) is 0 Å².